The van der Waals surface area contributed by atoms with Crippen molar-refractivity contribution in [2.45, 2.75) is 45.6 Å². The summed E-state index contributed by atoms with van der Waals surface area (Å²) in [4.78, 5) is 4.78. The van der Waals surface area contributed by atoms with Crippen LogP contribution >= 0.6 is 0 Å². The number of hydrogen-bond acceptors (Lipinski definition) is 2. The van der Waals surface area contributed by atoms with Gasteiger partial charge in [0.2, 0.25) is 0 Å². The van der Waals surface area contributed by atoms with Crippen molar-refractivity contribution in [2.75, 3.05) is 0 Å². The molecule has 0 aromatic rings. The Bertz CT molecular complexity index is 102. The van der Waals surface area contributed by atoms with Crippen molar-refractivity contribution in [2.24, 2.45) is 11.3 Å². The molecule has 1 fully saturated rings. The minimum Gasteiger partial charge on any atom is -0.301 e. The molecule has 2 nitrogen and oxygen atoms in total. The highest BCUT2D eigenvalue weighted by Gasteiger charge is 2.26. The number of nitrogens with two attached hydrogens (primary N) is 1. The first-order valence-corrected chi connectivity index (χ1v) is 4.00. The molecular weight excluding hydrogens is 126 g/mol. The lowest BCUT2D eigenvalue weighted by Gasteiger charge is -2.32. The molecule has 0 aromatic carbocycles. The standard InChI is InChI=1S/C8H17NO/c1-8(2)5-3-7(10-9)4-6-8/h7H,3-6,9H2,1-2H3. The summed E-state index contributed by atoms with van der Waals surface area (Å²) in [7, 11) is 0. The summed E-state index contributed by atoms with van der Waals surface area (Å²) in [5, 5.41) is 0. The van der Waals surface area contributed by atoms with Gasteiger partial charge in [0.1, 0.15) is 0 Å². The van der Waals surface area contributed by atoms with Gasteiger partial charge in [0.15, 0.2) is 0 Å². The van der Waals surface area contributed by atoms with Gasteiger partial charge in [-0.1, -0.05) is 13.8 Å². The largest absolute Gasteiger partial charge is 0.301 e. The van der Waals surface area contributed by atoms with Crippen LogP contribution in [0, 0.1) is 5.41 Å². The minimum atomic E-state index is 0.327. The second-order valence-corrected chi connectivity index (χ2v) is 4.00. The van der Waals surface area contributed by atoms with Crippen molar-refractivity contribution < 1.29 is 4.84 Å². The van der Waals surface area contributed by atoms with E-state index < -0.39 is 0 Å². The Morgan fingerprint density at radius 2 is 1.80 bits per heavy atom. The Morgan fingerprint density at radius 1 is 1.30 bits per heavy atom. The third kappa shape index (κ3) is 1.96. The Hall–Kier alpha value is -0.0800. The molecule has 1 aliphatic rings. The maximum Gasteiger partial charge on any atom is 0.0787 e. The number of rotatable bonds is 1. The highest BCUT2D eigenvalue weighted by atomic mass is 16.6. The van der Waals surface area contributed by atoms with Gasteiger partial charge in [-0.05, 0) is 31.1 Å². The molecule has 0 aromatic heterocycles. The maximum absolute atomic E-state index is 5.09. The lowest BCUT2D eigenvalue weighted by molar-refractivity contribution is 0.00339. The van der Waals surface area contributed by atoms with Crippen molar-refractivity contribution in [1.29, 1.82) is 0 Å². The molecule has 0 spiro atoms. The Labute approximate surface area is 62.7 Å². The Kier molecular flexibility index (Phi) is 2.32. The van der Waals surface area contributed by atoms with Gasteiger partial charge in [-0.2, -0.15) is 0 Å². The van der Waals surface area contributed by atoms with Gasteiger partial charge < -0.3 is 4.84 Å². The Morgan fingerprint density at radius 3 is 2.20 bits per heavy atom. The first-order chi connectivity index (χ1) is 4.64. The van der Waals surface area contributed by atoms with Gasteiger partial charge in [0.25, 0.3) is 0 Å². The van der Waals surface area contributed by atoms with Crippen LogP contribution in [0.25, 0.3) is 0 Å². The van der Waals surface area contributed by atoms with Crippen molar-refractivity contribution in [3.8, 4) is 0 Å². The second kappa shape index (κ2) is 2.89. The van der Waals surface area contributed by atoms with E-state index in [1.54, 1.807) is 0 Å². The molecule has 1 saturated carbocycles. The lowest BCUT2D eigenvalue weighted by atomic mass is 9.76. The summed E-state index contributed by atoms with van der Waals surface area (Å²) in [6.07, 6.45) is 5.07. The van der Waals surface area contributed by atoms with E-state index >= 15 is 0 Å². The monoisotopic (exact) mass is 143 g/mol. The predicted octanol–water partition coefficient (Wildman–Crippen LogP) is 1.85. The molecule has 0 radical (unpaired) electrons. The van der Waals surface area contributed by atoms with Crippen LogP contribution in [0.4, 0.5) is 0 Å². The summed E-state index contributed by atoms with van der Waals surface area (Å²) < 4.78 is 0. The summed E-state index contributed by atoms with van der Waals surface area (Å²) >= 11 is 0. The van der Waals surface area contributed by atoms with Gasteiger partial charge in [-0.25, -0.2) is 5.90 Å². The first kappa shape index (κ1) is 8.02. The predicted molar refractivity (Wildman–Crippen MR) is 41.3 cm³/mol. The van der Waals surface area contributed by atoms with Gasteiger partial charge in [-0.3, -0.25) is 0 Å². The fourth-order valence-electron chi connectivity index (χ4n) is 1.51. The Balaban J connectivity index is 2.31. The third-order valence-electron chi connectivity index (χ3n) is 2.48. The third-order valence-corrected chi connectivity index (χ3v) is 2.48. The molecule has 0 atom stereocenters. The van der Waals surface area contributed by atoms with E-state index in [1.165, 1.54) is 12.8 Å². The molecule has 1 aliphatic carbocycles. The van der Waals surface area contributed by atoms with E-state index in [4.69, 9.17) is 10.7 Å². The molecule has 60 valence electrons. The van der Waals surface area contributed by atoms with Crippen molar-refractivity contribution in [3.05, 3.63) is 0 Å². The molecule has 0 amide bonds. The summed E-state index contributed by atoms with van der Waals surface area (Å²) in [5.41, 5.74) is 0.523. The molecular formula is C8H17NO. The molecule has 2 heteroatoms. The molecule has 0 bridgehead atoms. The normalized spacial score (nSPS) is 26.7. The molecule has 0 aliphatic heterocycles. The molecule has 0 unspecified atom stereocenters. The van der Waals surface area contributed by atoms with E-state index in [9.17, 15) is 0 Å². The van der Waals surface area contributed by atoms with Crippen LogP contribution in [0.1, 0.15) is 39.5 Å². The average Bonchev–Trinajstić information content (AvgIpc) is 1.88. The van der Waals surface area contributed by atoms with Crippen LogP contribution in [0.5, 0.6) is 0 Å². The molecule has 0 saturated heterocycles. The zero-order chi connectivity index (χ0) is 7.61. The highest BCUT2D eigenvalue weighted by Crippen LogP contribution is 2.35. The van der Waals surface area contributed by atoms with Crippen molar-refractivity contribution >= 4 is 0 Å². The topological polar surface area (TPSA) is 35.2 Å². The highest BCUT2D eigenvalue weighted by molar-refractivity contribution is 4.78. The van der Waals surface area contributed by atoms with Gasteiger partial charge in [0.05, 0.1) is 6.10 Å². The second-order valence-electron chi connectivity index (χ2n) is 4.00. The fourth-order valence-corrected chi connectivity index (χ4v) is 1.51. The molecule has 1 rings (SSSR count). The van der Waals surface area contributed by atoms with Crippen LogP contribution in [0.3, 0.4) is 0 Å². The summed E-state index contributed by atoms with van der Waals surface area (Å²) in [5.74, 6) is 5.09. The van der Waals surface area contributed by atoms with Crippen LogP contribution < -0.4 is 5.90 Å². The van der Waals surface area contributed by atoms with E-state index in [1.807, 2.05) is 0 Å². The van der Waals surface area contributed by atoms with Crippen molar-refractivity contribution in [1.82, 2.24) is 0 Å². The molecule has 10 heavy (non-hydrogen) atoms. The van der Waals surface area contributed by atoms with Crippen LogP contribution in [0.15, 0.2) is 0 Å². The van der Waals surface area contributed by atoms with E-state index in [0.717, 1.165) is 12.8 Å². The van der Waals surface area contributed by atoms with Crippen LogP contribution in [0.2, 0.25) is 0 Å². The summed E-state index contributed by atoms with van der Waals surface area (Å²) in [6, 6.07) is 0. The van der Waals surface area contributed by atoms with Crippen LogP contribution in [-0.2, 0) is 4.84 Å². The van der Waals surface area contributed by atoms with E-state index in [-0.39, 0.29) is 0 Å². The lowest BCUT2D eigenvalue weighted by Crippen LogP contribution is -2.28. The van der Waals surface area contributed by atoms with Crippen molar-refractivity contribution in [3.63, 3.8) is 0 Å². The van der Waals surface area contributed by atoms with Gasteiger partial charge >= 0.3 is 0 Å². The van der Waals surface area contributed by atoms with Gasteiger partial charge in [-0.15, -0.1) is 0 Å². The minimum absolute atomic E-state index is 0.327. The zero-order valence-electron chi connectivity index (χ0n) is 6.89. The van der Waals surface area contributed by atoms with Crippen LogP contribution in [-0.4, -0.2) is 6.10 Å². The zero-order valence-corrected chi connectivity index (χ0v) is 6.89. The quantitative estimate of drug-likeness (QED) is 0.568. The van der Waals surface area contributed by atoms with Gasteiger partial charge in [0, 0.05) is 0 Å². The smallest absolute Gasteiger partial charge is 0.0787 e. The summed E-state index contributed by atoms with van der Waals surface area (Å²) in [6.45, 7) is 4.61. The number of hydrogen-bond donors (Lipinski definition) is 1. The maximum atomic E-state index is 5.09. The average molecular weight is 143 g/mol. The SMILES string of the molecule is CC1(C)CCC(ON)CC1. The molecule has 0 heterocycles. The first-order valence-electron chi connectivity index (χ1n) is 4.00. The molecule has 2 N–H and O–H groups in total. The fraction of sp³-hybridized carbons (Fsp3) is 1.00. The van der Waals surface area contributed by atoms with E-state index in [0.29, 0.717) is 11.5 Å². The van der Waals surface area contributed by atoms with E-state index in [2.05, 4.69) is 13.8 Å².